The van der Waals surface area contributed by atoms with E-state index in [1.807, 2.05) is 36.4 Å². The summed E-state index contributed by atoms with van der Waals surface area (Å²) < 4.78 is 0. The van der Waals surface area contributed by atoms with Crippen molar-refractivity contribution in [2.75, 3.05) is 0 Å². The first-order chi connectivity index (χ1) is 19.8. The van der Waals surface area contributed by atoms with Gasteiger partial charge < -0.3 is 15.3 Å². The smallest absolute Gasteiger partial charge is 0.164 e. The Morgan fingerprint density at radius 2 is 1.10 bits per heavy atom. The number of hydrogen-bond donors (Lipinski definition) is 3. The number of hydrogen-bond acceptors (Lipinski definition) is 5. The highest BCUT2D eigenvalue weighted by Crippen LogP contribution is 2.37. The summed E-state index contributed by atoms with van der Waals surface area (Å²) in [5.41, 5.74) is 4.95. The van der Waals surface area contributed by atoms with Gasteiger partial charge in [-0.1, -0.05) is 97.1 Å². The summed E-state index contributed by atoms with van der Waals surface area (Å²) in [6.07, 6.45) is 2.23. The second-order valence-electron chi connectivity index (χ2n) is 10.2. The molecule has 7 heteroatoms. The molecule has 8 bridgehead atoms. The molecule has 0 spiro atoms. The number of H-pyrrole nitrogens is 2. The van der Waals surface area contributed by atoms with Gasteiger partial charge in [0.2, 0.25) is 0 Å². The van der Waals surface area contributed by atoms with Gasteiger partial charge in [0.15, 0.2) is 11.7 Å². The van der Waals surface area contributed by atoms with Gasteiger partial charge >= 0.3 is 0 Å². The fourth-order valence-corrected chi connectivity index (χ4v) is 5.99. The second kappa shape index (κ2) is 7.97. The predicted molar refractivity (Wildman–Crippen MR) is 160 cm³/mol. The minimum atomic E-state index is -0.0624. The Morgan fingerprint density at radius 1 is 0.500 bits per heavy atom. The third kappa shape index (κ3) is 3.06. The van der Waals surface area contributed by atoms with E-state index in [9.17, 15) is 0 Å². The normalized spacial score (nSPS) is 16.8. The Labute approximate surface area is 228 Å². The van der Waals surface area contributed by atoms with E-state index in [1.54, 1.807) is 0 Å². The van der Waals surface area contributed by atoms with Gasteiger partial charge in [-0.3, -0.25) is 0 Å². The van der Waals surface area contributed by atoms with Crippen molar-refractivity contribution in [2.24, 2.45) is 20.0 Å². The predicted octanol–water partition coefficient (Wildman–Crippen LogP) is 5.32. The van der Waals surface area contributed by atoms with Crippen molar-refractivity contribution in [1.82, 2.24) is 15.3 Å². The van der Waals surface area contributed by atoms with E-state index >= 15 is 0 Å². The molecule has 6 aromatic rings. The lowest BCUT2D eigenvalue weighted by Gasteiger charge is -2.06. The summed E-state index contributed by atoms with van der Waals surface area (Å²) in [6, 6.07) is 33.0. The molecule has 0 radical (unpaired) electrons. The Balaban J connectivity index is 1.41. The highest BCUT2D eigenvalue weighted by Gasteiger charge is 2.27. The number of amidine groups is 3. The van der Waals surface area contributed by atoms with Crippen LogP contribution in [0.1, 0.15) is 28.3 Å². The molecule has 188 valence electrons. The van der Waals surface area contributed by atoms with Crippen LogP contribution in [-0.2, 0) is 0 Å². The van der Waals surface area contributed by atoms with E-state index in [2.05, 4.69) is 82.0 Å². The van der Waals surface area contributed by atoms with Crippen LogP contribution in [0, 0.1) is 0 Å². The summed E-state index contributed by atoms with van der Waals surface area (Å²) in [7, 11) is 0. The van der Waals surface area contributed by atoms with E-state index < -0.39 is 0 Å². The number of aromatic amines is 2. The maximum absolute atomic E-state index is 5.13. The van der Waals surface area contributed by atoms with Gasteiger partial charge in [-0.25, -0.2) is 20.0 Å². The zero-order valence-corrected chi connectivity index (χ0v) is 21.2. The molecular weight excluding hydrogens is 494 g/mol. The third-order valence-electron chi connectivity index (χ3n) is 7.86. The summed E-state index contributed by atoms with van der Waals surface area (Å²) in [5.74, 6) is 3.56. The van der Waals surface area contributed by atoms with Crippen LogP contribution < -0.4 is 16.2 Å². The third-order valence-corrected chi connectivity index (χ3v) is 7.86. The molecule has 3 N–H and O–H groups in total. The van der Waals surface area contributed by atoms with Gasteiger partial charge in [0, 0.05) is 43.6 Å². The molecule has 0 amide bonds. The van der Waals surface area contributed by atoms with Crippen molar-refractivity contribution < 1.29 is 0 Å². The average molecular weight is 516 g/mol. The zero-order chi connectivity index (χ0) is 26.2. The van der Waals surface area contributed by atoms with Gasteiger partial charge in [-0.15, -0.1) is 0 Å². The Kier molecular flexibility index (Phi) is 4.26. The number of aromatic nitrogens is 2. The maximum atomic E-state index is 5.13. The number of aliphatic imine (C=N–C) groups is 3. The minimum absolute atomic E-state index is 0.0624. The molecule has 4 aromatic carbocycles. The van der Waals surface area contributed by atoms with Crippen LogP contribution in [0.3, 0.4) is 0 Å². The highest BCUT2D eigenvalue weighted by molar-refractivity contribution is 6.23. The largest absolute Gasteiger partial charge is 0.359 e. The van der Waals surface area contributed by atoms with Gasteiger partial charge in [0.25, 0.3) is 0 Å². The van der Waals surface area contributed by atoms with Crippen LogP contribution in [0.15, 0.2) is 117 Å². The van der Waals surface area contributed by atoms with Gasteiger partial charge in [0.1, 0.15) is 23.0 Å². The van der Waals surface area contributed by atoms with Gasteiger partial charge in [0.05, 0.1) is 6.04 Å². The number of nitrogens with one attached hydrogen (secondary N) is 3. The first kappa shape index (κ1) is 21.4. The van der Waals surface area contributed by atoms with E-state index in [1.165, 1.54) is 5.56 Å². The van der Waals surface area contributed by atoms with Crippen LogP contribution in [0.2, 0.25) is 0 Å². The van der Waals surface area contributed by atoms with Crippen LogP contribution in [-0.4, -0.2) is 27.5 Å². The molecule has 3 aliphatic heterocycles. The van der Waals surface area contributed by atoms with E-state index in [0.717, 1.165) is 66.5 Å². The Hall–Kier alpha value is -5.56. The van der Waals surface area contributed by atoms with E-state index in [4.69, 9.17) is 20.0 Å². The van der Waals surface area contributed by atoms with Crippen LogP contribution in [0.5, 0.6) is 0 Å². The number of fused-ring (bicyclic) bond motifs is 19. The summed E-state index contributed by atoms with van der Waals surface area (Å²) in [6.45, 7) is 0. The molecule has 1 atom stereocenters. The molecule has 5 heterocycles. The Bertz CT molecular complexity index is 2260. The molecule has 9 rings (SSSR count). The summed E-state index contributed by atoms with van der Waals surface area (Å²) in [5, 5.41) is 8.82. The lowest BCUT2D eigenvalue weighted by molar-refractivity contribution is 0.864. The first-order valence-corrected chi connectivity index (χ1v) is 13.3. The minimum Gasteiger partial charge on any atom is -0.359 e. The molecule has 1 unspecified atom stereocenters. The molecule has 2 aromatic heterocycles. The number of rotatable bonds is 0. The summed E-state index contributed by atoms with van der Waals surface area (Å²) >= 11 is 0. The first-order valence-electron chi connectivity index (χ1n) is 13.3. The topological polar surface area (TPSA) is 93.0 Å². The molecule has 7 nitrogen and oxygen atoms in total. The standard InChI is InChI=1S/C33H21N7/c1-3-11-20-18(9-1)26-17-27-19-10-2-4-12-21(19)29(35-27)37-31-23-14-6-8-16-25(23)33(39-31)40-32-24-15-7-5-13-22(24)30(38-32)36-28(20)34-26/h1-17,26,38H,(H,34,36)(H,35,37,39,40). The molecule has 0 saturated carbocycles. The summed E-state index contributed by atoms with van der Waals surface area (Å²) in [4.78, 5) is 27.3. The zero-order valence-electron chi connectivity index (χ0n) is 21.2. The van der Waals surface area contributed by atoms with E-state index in [0.29, 0.717) is 11.7 Å². The number of nitrogens with zero attached hydrogens (tertiary/aromatic N) is 4. The van der Waals surface area contributed by atoms with Crippen LogP contribution in [0.4, 0.5) is 11.6 Å². The van der Waals surface area contributed by atoms with Crippen molar-refractivity contribution in [1.29, 1.82) is 0 Å². The van der Waals surface area contributed by atoms with Gasteiger partial charge in [-0.05, 0) is 11.6 Å². The van der Waals surface area contributed by atoms with Crippen molar-refractivity contribution in [3.63, 3.8) is 0 Å². The molecule has 0 aliphatic carbocycles. The van der Waals surface area contributed by atoms with Crippen LogP contribution >= 0.6 is 0 Å². The fraction of sp³-hybridized carbons (Fsp3) is 0.0303. The Morgan fingerprint density at radius 3 is 1.88 bits per heavy atom. The van der Waals surface area contributed by atoms with Crippen molar-refractivity contribution in [3.05, 3.63) is 130 Å². The monoisotopic (exact) mass is 515 g/mol. The molecule has 0 saturated heterocycles. The quantitative estimate of drug-likeness (QED) is 0.251. The molecule has 40 heavy (non-hydrogen) atoms. The lowest BCUT2D eigenvalue weighted by Crippen LogP contribution is -2.21. The number of benzene rings is 4. The van der Waals surface area contributed by atoms with Crippen molar-refractivity contribution in [3.8, 4) is 0 Å². The van der Waals surface area contributed by atoms with E-state index in [-0.39, 0.29) is 6.04 Å². The van der Waals surface area contributed by atoms with Crippen molar-refractivity contribution >= 4 is 56.8 Å². The maximum Gasteiger partial charge on any atom is 0.164 e. The highest BCUT2D eigenvalue weighted by atomic mass is 15.1. The molecule has 3 aliphatic rings. The van der Waals surface area contributed by atoms with Crippen LogP contribution in [0.25, 0.3) is 27.6 Å². The average Bonchev–Trinajstić information content (AvgIpc) is 3.73. The SMILES string of the molecule is C1=c2[nH]c(c3ccccc23)=NC2=NC(=Nc3[nH]c(c4ccccc34)N=C3NC1c1ccccc13)c1ccccc12. The second-order valence-corrected chi connectivity index (χ2v) is 10.2. The van der Waals surface area contributed by atoms with Crippen molar-refractivity contribution in [2.45, 2.75) is 6.04 Å². The molecule has 0 fully saturated rings. The van der Waals surface area contributed by atoms with Gasteiger partial charge in [-0.2, -0.15) is 0 Å². The fourth-order valence-electron chi connectivity index (χ4n) is 5.99. The molecular formula is C33H21N7. The lowest BCUT2D eigenvalue weighted by atomic mass is 10.0.